The van der Waals surface area contributed by atoms with E-state index in [1.165, 1.54) is 6.92 Å². The van der Waals surface area contributed by atoms with Crippen molar-refractivity contribution in [2.45, 2.75) is 25.2 Å². The molecule has 0 N–H and O–H groups in total. The smallest absolute Gasteiger partial charge is 0.416 e. The van der Waals surface area contributed by atoms with E-state index < -0.39 is 34.8 Å². The lowest BCUT2D eigenvalue weighted by Crippen LogP contribution is -2.24. The van der Waals surface area contributed by atoms with Gasteiger partial charge in [0.15, 0.2) is 6.10 Å². The number of carbonyl (C=O) groups excluding carboxylic acids is 1. The molecule has 1 heterocycles. The van der Waals surface area contributed by atoms with E-state index in [1.54, 1.807) is 0 Å². The predicted molar refractivity (Wildman–Crippen MR) is 56.1 cm³/mol. The van der Waals surface area contributed by atoms with Crippen LogP contribution in [0.15, 0.2) is 18.2 Å². The van der Waals surface area contributed by atoms with Crippen molar-refractivity contribution in [1.29, 1.82) is 0 Å². The summed E-state index contributed by atoms with van der Waals surface area (Å²) in [5.41, 5.74) is -1.15. The zero-order valence-corrected chi connectivity index (χ0v) is 9.60. The van der Waals surface area contributed by atoms with Crippen LogP contribution in [0.25, 0.3) is 0 Å². The van der Waals surface area contributed by atoms with Crippen LogP contribution in [0, 0.1) is 10.1 Å². The number of fused-ring (bicyclic) bond motifs is 1. The molecule has 2 atom stereocenters. The van der Waals surface area contributed by atoms with Gasteiger partial charge in [0.05, 0.1) is 11.1 Å². The second-order valence-corrected chi connectivity index (χ2v) is 4.15. The number of nitrogens with zero attached hydrogens (tertiary/aromatic N) is 1. The molecule has 0 amide bonds. The van der Waals surface area contributed by atoms with Crippen molar-refractivity contribution in [2.24, 2.45) is 0 Å². The molecule has 19 heavy (non-hydrogen) atoms. The molecular weight excluding hydrogens is 267 g/mol. The number of alkyl halides is 3. The number of nitro groups is 1. The first-order valence-corrected chi connectivity index (χ1v) is 5.27. The van der Waals surface area contributed by atoms with Crippen molar-refractivity contribution >= 4 is 5.97 Å². The van der Waals surface area contributed by atoms with Gasteiger partial charge in [-0.15, -0.1) is 0 Å². The van der Waals surface area contributed by atoms with Crippen molar-refractivity contribution in [2.75, 3.05) is 0 Å². The fraction of sp³-hybridized carbons (Fsp3) is 0.364. The highest BCUT2D eigenvalue weighted by Gasteiger charge is 2.42. The summed E-state index contributed by atoms with van der Waals surface area (Å²) in [6.07, 6.45) is -5.73. The zero-order valence-electron chi connectivity index (χ0n) is 9.60. The lowest BCUT2D eigenvalue weighted by atomic mass is 9.98. The van der Waals surface area contributed by atoms with E-state index in [4.69, 9.17) is 4.74 Å². The Bertz CT molecular complexity index is 555. The van der Waals surface area contributed by atoms with E-state index in [0.29, 0.717) is 6.07 Å². The number of halogens is 3. The van der Waals surface area contributed by atoms with Gasteiger partial charge < -0.3 is 4.74 Å². The third kappa shape index (κ3) is 2.25. The zero-order chi connectivity index (χ0) is 14.4. The number of benzene rings is 1. The fourth-order valence-corrected chi connectivity index (χ4v) is 1.87. The van der Waals surface area contributed by atoms with Gasteiger partial charge in [-0.3, -0.25) is 10.1 Å². The molecular formula is C11H8F3NO4. The van der Waals surface area contributed by atoms with E-state index >= 15 is 0 Å². The van der Waals surface area contributed by atoms with Crippen molar-refractivity contribution in [3.8, 4) is 0 Å². The molecule has 102 valence electrons. The molecule has 0 bridgehead atoms. The third-order valence-corrected chi connectivity index (χ3v) is 2.91. The molecule has 0 radical (unpaired) electrons. The molecule has 1 aromatic carbocycles. The summed E-state index contributed by atoms with van der Waals surface area (Å²) in [4.78, 5) is 21.5. The lowest BCUT2D eigenvalue weighted by molar-refractivity contribution is -0.530. The van der Waals surface area contributed by atoms with Gasteiger partial charge in [-0.2, -0.15) is 13.2 Å². The molecule has 1 aliphatic heterocycles. The minimum absolute atomic E-state index is 0.113. The van der Waals surface area contributed by atoms with Gasteiger partial charge in [-0.05, 0) is 12.1 Å². The van der Waals surface area contributed by atoms with Crippen LogP contribution >= 0.6 is 0 Å². The summed E-state index contributed by atoms with van der Waals surface area (Å²) >= 11 is 0. The van der Waals surface area contributed by atoms with E-state index in [2.05, 4.69) is 0 Å². The number of hydrogen-bond donors (Lipinski definition) is 0. The first-order valence-electron chi connectivity index (χ1n) is 5.27. The fourth-order valence-electron chi connectivity index (χ4n) is 1.87. The molecule has 1 aromatic rings. The van der Waals surface area contributed by atoms with Crippen LogP contribution in [0.1, 0.15) is 34.5 Å². The molecule has 0 saturated carbocycles. The predicted octanol–water partition coefficient (Wildman–Crippen LogP) is 2.58. The maximum Gasteiger partial charge on any atom is 0.416 e. The Morgan fingerprint density at radius 2 is 2.05 bits per heavy atom. The Balaban J connectivity index is 2.45. The maximum absolute atomic E-state index is 12.5. The molecule has 0 aromatic heterocycles. The summed E-state index contributed by atoms with van der Waals surface area (Å²) < 4.78 is 42.3. The van der Waals surface area contributed by atoms with Gasteiger partial charge in [0.25, 0.3) is 6.04 Å². The number of ether oxygens (including phenoxy) is 1. The molecule has 0 saturated heterocycles. The Labute approximate surface area is 105 Å². The molecule has 0 aliphatic carbocycles. The van der Waals surface area contributed by atoms with Crippen LogP contribution in [-0.2, 0) is 10.9 Å². The highest BCUT2D eigenvalue weighted by molar-refractivity contribution is 5.94. The maximum atomic E-state index is 12.5. The molecule has 1 aliphatic rings. The summed E-state index contributed by atoms with van der Waals surface area (Å²) in [6, 6.07) is 1.26. The number of hydrogen-bond acceptors (Lipinski definition) is 4. The Hall–Kier alpha value is -2.12. The highest BCUT2D eigenvalue weighted by atomic mass is 19.4. The molecule has 0 fully saturated rings. The third-order valence-electron chi connectivity index (χ3n) is 2.91. The Morgan fingerprint density at radius 3 is 2.58 bits per heavy atom. The second kappa shape index (κ2) is 4.22. The van der Waals surface area contributed by atoms with E-state index in [0.717, 1.165) is 12.1 Å². The van der Waals surface area contributed by atoms with E-state index in [1.807, 2.05) is 0 Å². The van der Waals surface area contributed by atoms with Gasteiger partial charge in [0.1, 0.15) is 0 Å². The lowest BCUT2D eigenvalue weighted by Gasteiger charge is -2.12. The van der Waals surface area contributed by atoms with Crippen LogP contribution in [0.5, 0.6) is 0 Å². The SMILES string of the molecule is CC(C1OC(=O)c2cc(C(F)(F)F)ccc21)[N+](=O)[O-]. The van der Waals surface area contributed by atoms with Crippen LogP contribution in [0.2, 0.25) is 0 Å². The molecule has 2 unspecified atom stereocenters. The normalized spacial score (nSPS) is 19.8. The number of rotatable bonds is 2. The average molecular weight is 275 g/mol. The van der Waals surface area contributed by atoms with Crippen LogP contribution in [0.4, 0.5) is 13.2 Å². The van der Waals surface area contributed by atoms with Crippen LogP contribution < -0.4 is 0 Å². The number of esters is 1. The summed E-state index contributed by atoms with van der Waals surface area (Å²) in [5.74, 6) is -0.972. The van der Waals surface area contributed by atoms with Crippen molar-refractivity contribution in [3.63, 3.8) is 0 Å². The van der Waals surface area contributed by atoms with Gasteiger partial charge in [0.2, 0.25) is 0 Å². The molecule has 8 heteroatoms. The van der Waals surface area contributed by atoms with Crippen molar-refractivity contribution in [1.82, 2.24) is 0 Å². The van der Waals surface area contributed by atoms with E-state index in [-0.39, 0.29) is 11.1 Å². The van der Waals surface area contributed by atoms with Gasteiger partial charge in [-0.1, -0.05) is 6.07 Å². The first-order chi connectivity index (χ1) is 8.71. The summed E-state index contributed by atoms with van der Waals surface area (Å²) in [6.45, 7) is 1.23. The minimum Gasteiger partial charge on any atom is -0.446 e. The summed E-state index contributed by atoms with van der Waals surface area (Å²) in [7, 11) is 0. The largest absolute Gasteiger partial charge is 0.446 e. The van der Waals surface area contributed by atoms with Gasteiger partial charge in [-0.25, -0.2) is 4.79 Å². The van der Waals surface area contributed by atoms with Crippen LogP contribution in [-0.4, -0.2) is 16.9 Å². The topological polar surface area (TPSA) is 69.4 Å². The summed E-state index contributed by atoms with van der Waals surface area (Å²) in [5, 5.41) is 10.7. The first kappa shape index (κ1) is 13.3. The number of carbonyl (C=O) groups is 1. The van der Waals surface area contributed by atoms with Crippen molar-refractivity contribution in [3.05, 3.63) is 45.0 Å². The molecule has 5 nitrogen and oxygen atoms in total. The number of cyclic esters (lactones) is 1. The van der Waals surface area contributed by atoms with Crippen molar-refractivity contribution < 1.29 is 27.6 Å². The quantitative estimate of drug-likeness (QED) is 0.472. The van der Waals surface area contributed by atoms with Gasteiger partial charge >= 0.3 is 12.1 Å². The average Bonchev–Trinajstić information content (AvgIpc) is 2.64. The highest BCUT2D eigenvalue weighted by Crippen LogP contribution is 2.38. The van der Waals surface area contributed by atoms with Gasteiger partial charge in [0, 0.05) is 17.4 Å². The Kier molecular flexibility index (Phi) is 2.95. The second-order valence-electron chi connectivity index (χ2n) is 4.15. The van der Waals surface area contributed by atoms with Crippen LogP contribution in [0.3, 0.4) is 0 Å². The standard InChI is InChI=1S/C11H8F3NO4/c1-5(15(17)18)9-7-3-2-6(11(12,13)14)4-8(7)10(16)19-9/h2-5,9H,1H3. The molecule has 2 rings (SSSR count). The monoisotopic (exact) mass is 275 g/mol. The van der Waals surface area contributed by atoms with E-state index in [9.17, 15) is 28.1 Å². The molecule has 0 spiro atoms. The minimum atomic E-state index is -4.58. The Morgan fingerprint density at radius 1 is 1.42 bits per heavy atom.